The minimum absolute atomic E-state index is 0.153. The van der Waals surface area contributed by atoms with Gasteiger partial charge in [-0.1, -0.05) is 48.4 Å². The number of nitrogens with one attached hydrogen (secondary N) is 1. The zero-order valence-electron chi connectivity index (χ0n) is 17.7. The summed E-state index contributed by atoms with van der Waals surface area (Å²) in [7, 11) is 1.58. The Morgan fingerprint density at radius 3 is 2.34 bits per heavy atom. The van der Waals surface area contributed by atoms with Crippen LogP contribution in [0.5, 0.6) is 5.75 Å². The number of rotatable bonds is 8. The Labute approximate surface area is 178 Å². The molecule has 0 aliphatic heterocycles. The number of aryl methyl sites for hydroxylation is 3. The molecule has 0 aliphatic rings. The first-order valence-corrected chi connectivity index (χ1v) is 10.1. The predicted octanol–water partition coefficient (Wildman–Crippen LogP) is 4.20. The van der Waals surface area contributed by atoms with E-state index in [2.05, 4.69) is 5.32 Å². The molecule has 1 N–H and O–H groups in total. The van der Waals surface area contributed by atoms with Crippen molar-refractivity contribution in [2.75, 3.05) is 13.7 Å². The molecule has 1 atom stereocenters. The molecule has 1 unspecified atom stereocenters. The van der Waals surface area contributed by atoms with Crippen molar-refractivity contribution in [2.45, 2.75) is 46.7 Å². The fraction of sp³-hybridized carbons (Fsp3) is 0.391. The molecule has 6 heteroatoms. The van der Waals surface area contributed by atoms with Crippen LogP contribution in [0.1, 0.15) is 35.6 Å². The van der Waals surface area contributed by atoms with Gasteiger partial charge < -0.3 is 15.0 Å². The van der Waals surface area contributed by atoms with Gasteiger partial charge in [-0.3, -0.25) is 9.59 Å². The Morgan fingerprint density at radius 2 is 1.79 bits per heavy atom. The lowest BCUT2D eigenvalue weighted by molar-refractivity contribution is -0.142. The third-order valence-electron chi connectivity index (χ3n) is 4.84. The van der Waals surface area contributed by atoms with E-state index >= 15 is 0 Å². The van der Waals surface area contributed by atoms with Crippen molar-refractivity contribution in [1.29, 1.82) is 0 Å². The number of hydrogen-bond acceptors (Lipinski definition) is 3. The van der Waals surface area contributed by atoms with Gasteiger partial charge in [-0.05, 0) is 56.0 Å². The highest BCUT2D eigenvalue weighted by Gasteiger charge is 2.28. The molecule has 2 aromatic carbocycles. The number of carbonyl (C=O) groups is 2. The molecule has 0 saturated heterocycles. The zero-order valence-corrected chi connectivity index (χ0v) is 18.5. The summed E-state index contributed by atoms with van der Waals surface area (Å²) >= 11 is 6.20. The van der Waals surface area contributed by atoms with Crippen molar-refractivity contribution < 1.29 is 14.3 Å². The minimum Gasteiger partial charge on any atom is -0.484 e. The number of amides is 2. The summed E-state index contributed by atoms with van der Waals surface area (Å²) in [4.78, 5) is 27.0. The molecule has 0 bridgehead atoms. The SMILES string of the molecule is CCC(C(=O)NC)N(Cc1cccc(C)c1)C(=O)COc1cc(C)c(Cl)c(C)c1. The molecular formula is C23H29ClN2O3. The van der Waals surface area contributed by atoms with E-state index < -0.39 is 6.04 Å². The van der Waals surface area contributed by atoms with Gasteiger partial charge in [0, 0.05) is 18.6 Å². The van der Waals surface area contributed by atoms with Crippen LogP contribution in [0.4, 0.5) is 0 Å². The highest BCUT2D eigenvalue weighted by Crippen LogP contribution is 2.26. The fourth-order valence-corrected chi connectivity index (χ4v) is 3.42. The zero-order chi connectivity index (χ0) is 21.6. The highest BCUT2D eigenvalue weighted by molar-refractivity contribution is 6.32. The summed E-state index contributed by atoms with van der Waals surface area (Å²) in [6.07, 6.45) is 0.510. The van der Waals surface area contributed by atoms with E-state index in [0.29, 0.717) is 23.7 Å². The van der Waals surface area contributed by atoms with E-state index in [1.807, 2.05) is 64.1 Å². The second kappa shape index (κ2) is 10.3. The Hall–Kier alpha value is -2.53. The largest absolute Gasteiger partial charge is 0.484 e. The lowest BCUT2D eigenvalue weighted by atomic mass is 10.1. The van der Waals surface area contributed by atoms with E-state index in [4.69, 9.17) is 16.3 Å². The molecular weight excluding hydrogens is 388 g/mol. The summed E-state index contributed by atoms with van der Waals surface area (Å²) in [5.41, 5.74) is 3.86. The number of hydrogen-bond donors (Lipinski definition) is 1. The first kappa shape index (κ1) is 22.8. The molecule has 0 radical (unpaired) electrons. The molecule has 0 aliphatic carbocycles. The maximum Gasteiger partial charge on any atom is 0.261 e. The smallest absolute Gasteiger partial charge is 0.261 e. The van der Waals surface area contributed by atoms with Crippen molar-refractivity contribution in [3.05, 3.63) is 63.7 Å². The average molecular weight is 417 g/mol. The van der Waals surface area contributed by atoms with Gasteiger partial charge in [-0.25, -0.2) is 0 Å². The molecule has 156 valence electrons. The van der Waals surface area contributed by atoms with Gasteiger partial charge in [-0.2, -0.15) is 0 Å². The predicted molar refractivity (Wildman–Crippen MR) is 116 cm³/mol. The molecule has 0 saturated carbocycles. The lowest BCUT2D eigenvalue weighted by Crippen LogP contribution is -2.49. The molecule has 0 heterocycles. The molecule has 29 heavy (non-hydrogen) atoms. The second-order valence-corrected chi connectivity index (χ2v) is 7.59. The standard InChI is InChI=1S/C23H29ClN2O3/c1-6-20(23(28)25-5)26(13-18-9-7-8-15(2)10-18)21(27)14-29-19-11-16(3)22(24)17(4)12-19/h7-12,20H,6,13-14H2,1-5H3,(H,25,28). The monoisotopic (exact) mass is 416 g/mol. The summed E-state index contributed by atoms with van der Waals surface area (Å²) in [6.45, 7) is 7.87. The Balaban J connectivity index is 2.22. The van der Waals surface area contributed by atoms with Crippen LogP contribution < -0.4 is 10.1 Å². The number of benzene rings is 2. The molecule has 0 fully saturated rings. The number of halogens is 1. The van der Waals surface area contributed by atoms with Gasteiger partial charge in [0.2, 0.25) is 5.91 Å². The number of likely N-dealkylation sites (N-methyl/N-ethyl adjacent to an activating group) is 1. The van der Waals surface area contributed by atoms with E-state index in [0.717, 1.165) is 22.3 Å². The van der Waals surface area contributed by atoms with Gasteiger partial charge >= 0.3 is 0 Å². The van der Waals surface area contributed by atoms with E-state index in [1.54, 1.807) is 11.9 Å². The molecule has 0 aromatic heterocycles. The highest BCUT2D eigenvalue weighted by atomic mass is 35.5. The first-order valence-electron chi connectivity index (χ1n) is 9.73. The van der Waals surface area contributed by atoms with Crippen molar-refractivity contribution in [2.24, 2.45) is 0 Å². The average Bonchev–Trinajstić information content (AvgIpc) is 2.69. The summed E-state index contributed by atoms with van der Waals surface area (Å²) in [5.74, 6) is 0.153. The molecule has 2 amide bonds. The van der Waals surface area contributed by atoms with Crippen LogP contribution in [0, 0.1) is 20.8 Å². The topological polar surface area (TPSA) is 58.6 Å². The van der Waals surface area contributed by atoms with Gasteiger partial charge in [0.25, 0.3) is 5.91 Å². The number of nitrogens with zero attached hydrogens (tertiary/aromatic N) is 1. The van der Waals surface area contributed by atoms with Gasteiger partial charge in [-0.15, -0.1) is 0 Å². The third-order valence-corrected chi connectivity index (χ3v) is 5.44. The second-order valence-electron chi connectivity index (χ2n) is 7.21. The first-order chi connectivity index (χ1) is 13.8. The Kier molecular flexibility index (Phi) is 8.09. The minimum atomic E-state index is -0.565. The maximum atomic E-state index is 13.1. The van der Waals surface area contributed by atoms with Gasteiger partial charge in [0.05, 0.1) is 0 Å². The van der Waals surface area contributed by atoms with Crippen molar-refractivity contribution in [3.8, 4) is 5.75 Å². The quantitative estimate of drug-likeness (QED) is 0.701. The number of ether oxygens (including phenoxy) is 1. The molecule has 0 spiro atoms. The van der Waals surface area contributed by atoms with Crippen LogP contribution >= 0.6 is 11.6 Å². The normalized spacial score (nSPS) is 11.7. The third kappa shape index (κ3) is 5.97. The van der Waals surface area contributed by atoms with Crippen LogP contribution in [0.3, 0.4) is 0 Å². The summed E-state index contributed by atoms with van der Waals surface area (Å²) in [6, 6.07) is 11.0. The van der Waals surface area contributed by atoms with Crippen LogP contribution in [0.15, 0.2) is 36.4 Å². The fourth-order valence-electron chi connectivity index (χ4n) is 3.31. The van der Waals surface area contributed by atoms with Gasteiger partial charge in [0.15, 0.2) is 6.61 Å². The van der Waals surface area contributed by atoms with Crippen molar-refractivity contribution in [3.63, 3.8) is 0 Å². The van der Waals surface area contributed by atoms with Crippen LogP contribution in [-0.2, 0) is 16.1 Å². The Morgan fingerprint density at radius 1 is 1.14 bits per heavy atom. The maximum absolute atomic E-state index is 13.1. The van der Waals surface area contributed by atoms with E-state index in [-0.39, 0.29) is 18.4 Å². The number of carbonyl (C=O) groups excluding carboxylic acids is 2. The van der Waals surface area contributed by atoms with Gasteiger partial charge in [0.1, 0.15) is 11.8 Å². The molecule has 5 nitrogen and oxygen atoms in total. The van der Waals surface area contributed by atoms with E-state index in [9.17, 15) is 9.59 Å². The summed E-state index contributed by atoms with van der Waals surface area (Å²) < 4.78 is 5.75. The summed E-state index contributed by atoms with van der Waals surface area (Å²) in [5, 5.41) is 3.35. The van der Waals surface area contributed by atoms with E-state index in [1.165, 1.54) is 0 Å². The molecule has 2 rings (SSSR count). The van der Waals surface area contributed by atoms with Crippen LogP contribution in [-0.4, -0.2) is 36.4 Å². The van der Waals surface area contributed by atoms with Crippen molar-refractivity contribution >= 4 is 23.4 Å². The van der Waals surface area contributed by atoms with Crippen LogP contribution in [0.2, 0.25) is 5.02 Å². The van der Waals surface area contributed by atoms with Crippen molar-refractivity contribution in [1.82, 2.24) is 10.2 Å². The molecule has 2 aromatic rings. The lowest BCUT2D eigenvalue weighted by Gasteiger charge is -2.30. The van der Waals surface area contributed by atoms with Crippen LogP contribution in [0.25, 0.3) is 0 Å². The Bertz CT molecular complexity index is 859.